The number of benzene rings is 1. The molecule has 2 N–H and O–H groups in total. The Hall–Kier alpha value is -2.43. The van der Waals surface area contributed by atoms with Crippen LogP contribution in [0.2, 0.25) is 0 Å². The van der Waals surface area contributed by atoms with E-state index in [0.29, 0.717) is 43.9 Å². The normalized spacial score (nSPS) is 14.8. The lowest BCUT2D eigenvalue weighted by Crippen LogP contribution is -3.15. The first-order valence-corrected chi connectivity index (χ1v) is 8.52. The van der Waals surface area contributed by atoms with Crippen molar-refractivity contribution in [3.05, 3.63) is 35.4 Å². The standard InChI is InChI=1S/C18H24N4O3/c1-25-12-2-7-20-17(23)14-21-8-10-22(11-9-21)18(24)16-5-3-15(13-19)4-6-16/h3-6H,2,7-12,14H2,1H3,(H,20,23)/p+1. The second kappa shape index (κ2) is 9.77. The lowest BCUT2D eigenvalue weighted by atomic mass is 10.1. The highest BCUT2D eigenvalue weighted by Gasteiger charge is 2.25. The maximum atomic E-state index is 12.5. The van der Waals surface area contributed by atoms with E-state index in [9.17, 15) is 9.59 Å². The molecule has 7 heteroatoms. The van der Waals surface area contributed by atoms with Crippen molar-refractivity contribution in [3.63, 3.8) is 0 Å². The van der Waals surface area contributed by atoms with Crippen LogP contribution in [0.25, 0.3) is 0 Å². The number of hydrogen-bond donors (Lipinski definition) is 2. The topological polar surface area (TPSA) is 86.9 Å². The Balaban J connectivity index is 1.74. The average molecular weight is 345 g/mol. The maximum Gasteiger partial charge on any atom is 0.275 e. The molecule has 0 unspecified atom stereocenters. The third-order valence-electron chi connectivity index (χ3n) is 4.28. The second-order valence-electron chi connectivity index (χ2n) is 6.10. The molecule has 1 fully saturated rings. The first kappa shape index (κ1) is 18.9. The molecule has 1 aromatic carbocycles. The van der Waals surface area contributed by atoms with E-state index in [1.165, 1.54) is 4.90 Å². The molecule has 0 saturated carbocycles. The first-order chi connectivity index (χ1) is 12.1. The molecule has 1 aromatic rings. The SMILES string of the molecule is COCCCNC(=O)C[NH+]1CCN(C(=O)c2ccc(C#N)cc2)CC1. The monoisotopic (exact) mass is 345 g/mol. The van der Waals surface area contributed by atoms with Crippen LogP contribution in [0.4, 0.5) is 0 Å². The highest BCUT2D eigenvalue weighted by Crippen LogP contribution is 2.07. The summed E-state index contributed by atoms with van der Waals surface area (Å²) in [6.45, 7) is 4.48. The molecule has 134 valence electrons. The van der Waals surface area contributed by atoms with Gasteiger partial charge >= 0.3 is 0 Å². The number of quaternary nitrogens is 1. The Morgan fingerprint density at radius 3 is 2.56 bits per heavy atom. The van der Waals surface area contributed by atoms with Crippen LogP contribution in [0, 0.1) is 11.3 Å². The number of ether oxygens (including phenoxy) is 1. The molecule has 0 spiro atoms. The van der Waals surface area contributed by atoms with Crippen molar-refractivity contribution in [2.24, 2.45) is 0 Å². The summed E-state index contributed by atoms with van der Waals surface area (Å²) < 4.78 is 4.95. The molecule has 1 saturated heterocycles. The van der Waals surface area contributed by atoms with Crippen LogP contribution in [0.5, 0.6) is 0 Å². The highest BCUT2D eigenvalue weighted by molar-refractivity contribution is 5.94. The van der Waals surface area contributed by atoms with E-state index in [-0.39, 0.29) is 11.8 Å². The molecule has 7 nitrogen and oxygen atoms in total. The number of methoxy groups -OCH3 is 1. The average Bonchev–Trinajstić information content (AvgIpc) is 2.65. The van der Waals surface area contributed by atoms with Crippen molar-refractivity contribution < 1.29 is 19.2 Å². The van der Waals surface area contributed by atoms with E-state index in [2.05, 4.69) is 5.32 Å². The minimum absolute atomic E-state index is 0.0208. The van der Waals surface area contributed by atoms with Crippen LogP contribution in [-0.4, -0.2) is 69.7 Å². The zero-order valence-electron chi connectivity index (χ0n) is 14.6. The number of nitriles is 1. The fourth-order valence-corrected chi connectivity index (χ4v) is 2.81. The smallest absolute Gasteiger partial charge is 0.275 e. The van der Waals surface area contributed by atoms with Crippen LogP contribution >= 0.6 is 0 Å². The van der Waals surface area contributed by atoms with Gasteiger partial charge in [0.2, 0.25) is 0 Å². The van der Waals surface area contributed by atoms with Gasteiger partial charge < -0.3 is 19.9 Å². The zero-order valence-corrected chi connectivity index (χ0v) is 14.6. The number of hydrogen-bond acceptors (Lipinski definition) is 4. The van der Waals surface area contributed by atoms with Gasteiger partial charge in [-0.15, -0.1) is 0 Å². The van der Waals surface area contributed by atoms with Gasteiger partial charge in [0.1, 0.15) is 0 Å². The van der Waals surface area contributed by atoms with Crippen LogP contribution in [0.3, 0.4) is 0 Å². The molecule has 25 heavy (non-hydrogen) atoms. The molecule has 1 aliphatic heterocycles. The summed E-state index contributed by atoms with van der Waals surface area (Å²) >= 11 is 0. The molecule has 0 radical (unpaired) electrons. The summed E-state index contributed by atoms with van der Waals surface area (Å²) in [5.74, 6) is 0.0190. The Bertz CT molecular complexity index is 616. The quantitative estimate of drug-likeness (QED) is 0.624. The summed E-state index contributed by atoms with van der Waals surface area (Å²) in [5.41, 5.74) is 1.14. The molecule has 0 bridgehead atoms. The van der Waals surface area contributed by atoms with E-state index in [0.717, 1.165) is 19.5 Å². The Morgan fingerprint density at radius 2 is 1.96 bits per heavy atom. The van der Waals surface area contributed by atoms with Gasteiger partial charge in [-0.25, -0.2) is 0 Å². The number of amides is 2. The molecular weight excluding hydrogens is 320 g/mol. The van der Waals surface area contributed by atoms with E-state index < -0.39 is 0 Å². The molecule has 0 atom stereocenters. The Kier molecular flexibility index (Phi) is 7.38. The summed E-state index contributed by atoms with van der Waals surface area (Å²) in [6.07, 6.45) is 0.810. The largest absolute Gasteiger partial charge is 0.385 e. The molecule has 0 aromatic heterocycles. The molecule has 1 aliphatic rings. The molecule has 0 aliphatic carbocycles. The third-order valence-corrected chi connectivity index (χ3v) is 4.28. The lowest BCUT2D eigenvalue weighted by Gasteiger charge is -2.32. The van der Waals surface area contributed by atoms with E-state index >= 15 is 0 Å². The number of carbonyl (C=O) groups is 2. The molecule has 1 heterocycles. The minimum Gasteiger partial charge on any atom is -0.385 e. The maximum absolute atomic E-state index is 12.5. The predicted molar refractivity (Wildman–Crippen MR) is 92.1 cm³/mol. The van der Waals surface area contributed by atoms with Crippen LogP contribution in [-0.2, 0) is 9.53 Å². The van der Waals surface area contributed by atoms with Gasteiger partial charge in [0.25, 0.3) is 11.8 Å². The Labute approximate surface area is 148 Å². The van der Waals surface area contributed by atoms with Crippen molar-refractivity contribution in [2.75, 3.05) is 53.0 Å². The minimum atomic E-state index is -0.0208. The van der Waals surface area contributed by atoms with Gasteiger partial charge in [0.05, 0.1) is 37.8 Å². The highest BCUT2D eigenvalue weighted by atomic mass is 16.5. The summed E-state index contributed by atoms with van der Waals surface area (Å²) in [7, 11) is 1.64. The number of nitrogens with zero attached hydrogens (tertiary/aromatic N) is 2. The molecule has 2 rings (SSSR count). The third kappa shape index (κ3) is 5.85. The summed E-state index contributed by atoms with van der Waals surface area (Å²) in [5, 5.41) is 11.7. The predicted octanol–water partition coefficient (Wildman–Crippen LogP) is -0.948. The number of piperazine rings is 1. The van der Waals surface area contributed by atoms with Crippen LogP contribution in [0.1, 0.15) is 22.3 Å². The summed E-state index contributed by atoms with van der Waals surface area (Å²) in [6, 6.07) is 8.73. The van der Waals surface area contributed by atoms with Gasteiger partial charge in [-0.05, 0) is 30.7 Å². The summed E-state index contributed by atoms with van der Waals surface area (Å²) in [4.78, 5) is 27.4. The van der Waals surface area contributed by atoms with Gasteiger partial charge in [0.15, 0.2) is 6.54 Å². The van der Waals surface area contributed by atoms with E-state index in [1.54, 1.807) is 36.3 Å². The number of rotatable bonds is 7. The fourth-order valence-electron chi connectivity index (χ4n) is 2.81. The zero-order chi connectivity index (χ0) is 18.1. The molecular formula is C18H25N4O3+. The van der Waals surface area contributed by atoms with Gasteiger partial charge in [-0.3, -0.25) is 9.59 Å². The lowest BCUT2D eigenvalue weighted by molar-refractivity contribution is -0.896. The van der Waals surface area contributed by atoms with Crippen LogP contribution in [0.15, 0.2) is 24.3 Å². The Morgan fingerprint density at radius 1 is 1.28 bits per heavy atom. The van der Waals surface area contributed by atoms with E-state index in [4.69, 9.17) is 10.00 Å². The fraction of sp³-hybridized carbons (Fsp3) is 0.500. The van der Waals surface area contributed by atoms with Gasteiger partial charge in [-0.2, -0.15) is 5.26 Å². The van der Waals surface area contributed by atoms with Crippen LogP contribution < -0.4 is 10.2 Å². The van der Waals surface area contributed by atoms with Gasteiger partial charge in [0, 0.05) is 25.8 Å². The number of carbonyl (C=O) groups excluding carboxylic acids is 2. The van der Waals surface area contributed by atoms with E-state index in [1.807, 2.05) is 6.07 Å². The van der Waals surface area contributed by atoms with Crippen molar-refractivity contribution in [1.29, 1.82) is 5.26 Å². The van der Waals surface area contributed by atoms with Crippen molar-refractivity contribution in [3.8, 4) is 6.07 Å². The van der Waals surface area contributed by atoms with Gasteiger partial charge in [-0.1, -0.05) is 0 Å². The van der Waals surface area contributed by atoms with Crippen molar-refractivity contribution >= 4 is 11.8 Å². The number of nitrogens with one attached hydrogen (secondary N) is 2. The molecule has 2 amide bonds. The van der Waals surface area contributed by atoms with Crippen molar-refractivity contribution in [1.82, 2.24) is 10.2 Å². The van der Waals surface area contributed by atoms with Crippen molar-refractivity contribution in [2.45, 2.75) is 6.42 Å². The second-order valence-corrected chi connectivity index (χ2v) is 6.10. The first-order valence-electron chi connectivity index (χ1n) is 8.52.